The lowest BCUT2D eigenvalue weighted by Crippen LogP contribution is -2.36. The highest BCUT2D eigenvalue weighted by molar-refractivity contribution is 6.37. The largest absolute Gasteiger partial charge is 0.487 e. The van der Waals surface area contributed by atoms with Gasteiger partial charge in [0.1, 0.15) is 36.5 Å². The van der Waals surface area contributed by atoms with Crippen molar-refractivity contribution in [3.05, 3.63) is 58.2 Å². The van der Waals surface area contributed by atoms with E-state index >= 15 is 0 Å². The number of halogens is 2. The molecule has 1 saturated heterocycles. The van der Waals surface area contributed by atoms with Gasteiger partial charge >= 0.3 is 0 Å². The summed E-state index contributed by atoms with van der Waals surface area (Å²) in [6.45, 7) is 3.65. The molecular formula is C23H25Cl2N7O. The fourth-order valence-electron chi connectivity index (χ4n) is 4.62. The number of aromatic nitrogens is 4. The Morgan fingerprint density at radius 2 is 2.15 bits per heavy atom. The lowest BCUT2D eigenvalue weighted by atomic mass is 9.96. The van der Waals surface area contributed by atoms with Gasteiger partial charge in [0, 0.05) is 48.6 Å². The zero-order valence-electron chi connectivity index (χ0n) is 18.3. The van der Waals surface area contributed by atoms with Crippen LogP contribution in [0.2, 0.25) is 10.0 Å². The highest BCUT2D eigenvalue weighted by atomic mass is 35.5. The van der Waals surface area contributed by atoms with E-state index < -0.39 is 0 Å². The fraction of sp³-hybridized carbons (Fsp3) is 0.391. The smallest absolute Gasteiger partial charge is 0.148 e. The van der Waals surface area contributed by atoms with Gasteiger partial charge in [-0.1, -0.05) is 35.3 Å². The molecule has 1 aromatic carbocycles. The van der Waals surface area contributed by atoms with E-state index in [1.807, 2.05) is 23.7 Å². The summed E-state index contributed by atoms with van der Waals surface area (Å²) in [6, 6.07) is 6.18. The lowest BCUT2D eigenvalue weighted by molar-refractivity contribution is 0.306. The molecule has 0 amide bonds. The van der Waals surface area contributed by atoms with Gasteiger partial charge in [-0.15, -0.1) is 0 Å². The number of aliphatic imine (C=N–C) groups is 1. The molecule has 5 rings (SSSR count). The minimum absolute atomic E-state index is 0.0200. The summed E-state index contributed by atoms with van der Waals surface area (Å²) in [5.41, 5.74) is 9.49. The maximum atomic E-state index is 6.78. The predicted octanol–water partition coefficient (Wildman–Crippen LogP) is 4.57. The van der Waals surface area contributed by atoms with Crippen molar-refractivity contribution >= 4 is 40.4 Å². The van der Waals surface area contributed by atoms with E-state index in [9.17, 15) is 0 Å². The quantitative estimate of drug-likeness (QED) is 0.549. The Morgan fingerprint density at radius 3 is 2.94 bits per heavy atom. The van der Waals surface area contributed by atoms with Gasteiger partial charge in [0.15, 0.2) is 0 Å². The number of ether oxygens (including phenoxy) is 1. The summed E-state index contributed by atoms with van der Waals surface area (Å²) in [6.07, 6.45) is 7.77. The summed E-state index contributed by atoms with van der Waals surface area (Å²) in [5.74, 6) is 1.38. The van der Waals surface area contributed by atoms with Crippen LogP contribution >= 0.6 is 23.2 Å². The van der Waals surface area contributed by atoms with Crippen molar-refractivity contribution in [3.8, 4) is 5.75 Å². The van der Waals surface area contributed by atoms with E-state index in [1.54, 1.807) is 18.9 Å². The van der Waals surface area contributed by atoms with Crippen LogP contribution in [0.4, 0.5) is 11.5 Å². The molecule has 0 spiro atoms. The number of fused-ring (bicyclic) bond motifs is 1. The Hall–Kier alpha value is -2.68. The number of anilines is 1. The van der Waals surface area contributed by atoms with Crippen molar-refractivity contribution in [2.24, 2.45) is 10.7 Å². The molecular weight excluding hydrogens is 461 g/mol. The van der Waals surface area contributed by atoms with Crippen molar-refractivity contribution in [2.75, 3.05) is 18.0 Å². The number of hydrogen-bond acceptors (Lipinski definition) is 7. The Morgan fingerprint density at radius 1 is 1.27 bits per heavy atom. The molecule has 1 fully saturated rings. The van der Waals surface area contributed by atoms with E-state index in [-0.39, 0.29) is 18.7 Å². The number of nitrogens with two attached hydrogens (primary N) is 1. The molecule has 8 nitrogen and oxygen atoms in total. The van der Waals surface area contributed by atoms with Crippen LogP contribution in [0.5, 0.6) is 5.75 Å². The van der Waals surface area contributed by atoms with Gasteiger partial charge in [0.25, 0.3) is 0 Å². The summed E-state index contributed by atoms with van der Waals surface area (Å²) in [7, 11) is 0. The molecule has 0 bridgehead atoms. The third-order valence-corrected chi connectivity index (χ3v) is 7.00. The Bertz CT molecular complexity index is 1180. The molecule has 2 N–H and O–H groups in total. The first kappa shape index (κ1) is 22.1. The van der Waals surface area contributed by atoms with Crippen LogP contribution in [-0.2, 0) is 6.61 Å². The normalized spacial score (nSPS) is 20.0. The van der Waals surface area contributed by atoms with Gasteiger partial charge in [-0.3, -0.25) is 4.99 Å². The number of benzene rings is 1. The van der Waals surface area contributed by atoms with E-state index in [0.717, 1.165) is 42.8 Å². The minimum Gasteiger partial charge on any atom is -0.487 e. The Balaban J connectivity index is 1.44. The molecule has 10 heteroatoms. The Labute approximate surface area is 202 Å². The lowest BCUT2D eigenvalue weighted by Gasteiger charge is -2.27. The standard InChI is InChI=1S/C23H25Cl2N7O/c1-14-8-19(32-13-27-12-29-32)16-5-2-6-20(22(16)30-14)33-11-17-18(24)10-28-23(21(17)25)31-7-3-4-15(31)9-26/h2,5-6,10,12-13,15,19H,3-4,7-9,11,26H2,1H3/t15-,19?/m0/s1. The first-order valence-electron chi connectivity index (χ1n) is 11.0. The number of rotatable bonds is 6. The van der Waals surface area contributed by atoms with Crippen LogP contribution in [0.3, 0.4) is 0 Å². The molecule has 172 valence electrons. The summed E-state index contributed by atoms with van der Waals surface area (Å²) in [4.78, 5) is 15.6. The molecule has 0 aliphatic carbocycles. The summed E-state index contributed by atoms with van der Waals surface area (Å²) >= 11 is 13.3. The highest BCUT2D eigenvalue weighted by Crippen LogP contribution is 2.42. The van der Waals surface area contributed by atoms with E-state index in [2.05, 4.69) is 26.0 Å². The van der Waals surface area contributed by atoms with Gasteiger partial charge in [-0.2, -0.15) is 5.10 Å². The van der Waals surface area contributed by atoms with Crippen LogP contribution in [0.25, 0.3) is 0 Å². The van der Waals surface area contributed by atoms with Gasteiger partial charge < -0.3 is 15.4 Å². The van der Waals surface area contributed by atoms with Gasteiger partial charge in [0.2, 0.25) is 0 Å². The molecule has 0 saturated carbocycles. The average molecular weight is 486 g/mol. The summed E-state index contributed by atoms with van der Waals surface area (Å²) in [5, 5.41) is 5.31. The monoisotopic (exact) mass is 485 g/mol. The van der Waals surface area contributed by atoms with Gasteiger partial charge in [-0.05, 0) is 25.8 Å². The third kappa shape index (κ3) is 4.18. The van der Waals surface area contributed by atoms with E-state index in [0.29, 0.717) is 33.7 Å². The summed E-state index contributed by atoms with van der Waals surface area (Å²) < 4.78 is 8.10. The topological polar surface area (TPSA) is 94.5 Å². The SMILES string of the molecule is CC1=Nc2c(OCc3c(Cl)cnc(N4CCC[C@H]4CN)c3Cl)cccc2C(n2cncn2)C1. The molecule has 2 aliphatic rings. The molecule has 1 unspecified atom stereocenters. The van der Waals surface area contributed by atoms with Crippen LogP contribution in [0.15, 0.2) is 42.0 Å². The van der Waals surface area contributed by atoms with Crippen LogP contribution < -0.4 is 15.4 Å². The second-order valence-electron chi connectivity index (χ2n) is 8.37. The van der Waals surface area contributed by atoms with Crippen molar-refractivity contribution in [3.63, 3.8) is 0 Å². The number of pyridine rings is 1. The second kappa shape index (κ2) is 9.29. The van der Waals surface area contributed by atoms with E-state index in [1.165, 1.54) is 0 Å². The Kier molecular flexibility index (Phi) is 6.23. The fourth-order valence-corrected chi connectivity index (χ4v) is 5.18. The zero-order valence-corrected chi connectivity index (χ0v) is 19.8. The molecule has 2 atom stereocenters. The van der Waals surface area contributed by atoms with Crippen molar-refractivity contribution < 1.29 is 4.74 Å². The van der Waals surface area contributed by atoms with E-state index in [4.69, 9.17) is 38.7 Å². The van der Waals surface area contributed by atoms with Crippen molar-refractivity contribution in [1.29, 1.82) is 0 Å². The second-order valence-corrected chi connectivity index (χ2v) is 9.16. The van der Waals surface area contributed by atoms with Crippen molar-refractivity contribution in [1.82, 2.24) is 19.7 Å². The van der Waals surface area contributed by atoms with Crippen LogP contribution in [0, 0.1) is 0 Å². The molecule has 33 heavy (non-hydrogen) atoms. The number of nitrogens with zero attached hydrogens (tertiary/aromatic N) is 6. The molecule has 4 heterocycles. The number of hydrogen-bond donors (Lipinski definition) is 1. The average Bonchev–Trinajstić information content (AvgIpc) is 3.51. The first-order valence-corrected chi connectivity index (χ1v) is 11.8. The predicted molar refractivity (Wildman–Crippen MR) is 130 cm³/mol. The van der Waals surface area contributed by atoms with Gasteiger partial charge in [-0.25, -0.2) is 14.6 Å². The van der Waals surface area contributed by atoms with Crippen LogP contribution in [-0.4, -0.2) is 44.6 Å². The maximum Gasteiger partial charge on any atom is 0.148 e. The minimum atomic E-state index is 0.0200. The first-order chi connectivity index (χ1) is 16.1. The molecule has 0 radical (unpaired) electrons. The molecule has 3 aromatic rings. The zero-order chi connectivity index (χ0) is 22.9. The van der Waals surface area contributed by atoms with Gasteiger partial charge in [0.05, 0.1) is 16.1 Å². The highest BCUT2D eigenvalue weighted by Gasteiger charge is 2.29. The molecule has 2 aromatic heterocycles. The maximum absolute atomic E-state index is 6.78. The number of para-hydroxylation sites is 1. The third-order valence-electron chi connectivity index (χ3n) is 6.28. The molecule has 2 aliphatic heterocycles. The van der Waals surface area contributed by atoms with Crippen molar-refractivity contribution in [2.45, 2.75) is 44.9 Å². The van der Waals surface area contributed by atoms with Crippen LogP contribution in [0.1, 0.15) is 43.4 Å².